The van der Waals surface area contributed by atoms with Gasteiger partial charge in [-0.1, -0.05) is 12.1 Å². The van der Waals surface area contributed by atoms with E-state index in [-0.39, 0.29) is 11.9 Å². The van der Waals surface area contributed by atoms with Gasteiger partial charge >= 0.3 is 0 Å². The molecular weight excluding hydrogens is 278 g/mol. The van der Waals surface area contributed by atoms with Crippen LogP contribution in [0.5, 0.6) is 0 Å². The van der Waals surface area contributed by atoms with Crippen molar-refractivity contribution in [2.24, 2.45) is 0 Å². The van der Waals surface area contributed by atoms with Gasteiger partial charge in [-0.2, -0.15) is 5.10 Å². The van der Waals surface area contributed by atoms with Crippen LogP contribution in [0.4, 0.5) is 0 Å². The lowest BCUT2D eigenvalue weighted by atomic mass is 10.2. The molecular formula is C16H17N5O. The van der Waals surface area contributed by atoms with Crippen molar-refractivity contribution in [3.63, 3.8) is 0 Å². The van der Waals surface area contributed by atoms with Gasteiger partial charge in [0.1, 0.15) is 5.82 Å². The van der Waals surface area contributed by atoms with Crippen molar-refractivity contribution >= 4 is 16.9 Å². The molecule has 0 aliphatic heterocycles. The summed E-state index contributed by atoms with van der Waals surface area (Å²) >= 11 is 0. The van der Waals surface area contributed by atoms with E-state index in [9.17, 15) is 4.79 Å². The molecule has 3 N–H and O–H groups in total. The standard InChI is InChI=1S/C16H17N5O/c1-9(15-18-12-6-2-3-7-13(12)19-15)17-16(22)14-10-5-4-8-11(10)20-21-14/h2-3,6-7,9H,4-5,8H2,1H3,(H,17,22)(H,18,19)(H,20,21)/t9-/m0/s1. The highest BCUT2D eigenvalue weighted by Crippen LogP contribution is 2.23. The summed E-state index contributed by atoms with van der Waals surface area (Å²) in [4.78, 5) is 20.2. The van der Waals surface area contributed by atoms with E-state index in [1.54, 1.807) is 0 Å². The fourth-order valence-electron chi connectivity index (χ4n) is 3.02. The van der Waals surface area contributed by atoms with Crippen molar-refractivity contribution in [2.75, 3.05) is 0 Å². The number of carbonyl (C=O) groups is 1. The minimum absolute atomic E-state index is 0.146. The predicted molar refractivity (Wildman–Crippen MR) is 82.6 cm³/mol. The highest BCUT2D eigenvalue weighted by molar-refractivity contribution is 5.94. The zero-order chi connectivity index (χ0) is 15.1. The van der Waals surface area contributed by atoms with Gasteiger partial charge in [-0.05, 0) is 38.3 Å². The number of rotatable bonds is 3. The molecule has 1 aromatic carbocycles. The minimum atomic E-state index is -0.200. The number of aromatic nitrogens is 4. The van der Waals surface area contributed by atoms with Gasteiger partial charge < -0.3 is 10.3 Å². The fraction of sp³-hybridized carbons (Fsp3) is 0.312. The number of fused-ring (bicyclic) bond motifs is 2. The van der Waals surface area contributed by atoms with Crippen LogP contribution in [-0.4, -0.2) is 26.1 Å². The van der Waals surface area contributed by atoms with Crippen molar-refractivity contribution < 1.29 is 4.79 Å². The van der Waals surface area contributed by atoms with Crippen molar-refractivity contribution in [1.29, 1.82) is 0 Å². The highest BCUT2D eigenvalue weighted by Gasteiger charge is 2.24. The van der Waals surface area contributed by atoms with Crippen molar-refractivity contribution in [1.82, 2.24) is 25.5 Å². The molecule has 0 saturated carbocycles. The molecule has 0 bridgehead atoms. The molecule has 0 saturated heterocycles. The summed E-state index contributed by atoms with van der Waals surface area (Å²) in [5, 5.41) is 10.1. The van der Waals surface area contributed by atoms with E-state index < -0.39 is 0 Å². The molecule has 6 heteroatoms. The Kier molecular flexibility index (Phi) is 2.96. The number of nitrogens with one attached hydrogen (secondary N) is 3. The second kappa shape index (κ2) is 4.98. The molecule has 22 heavy (non-hydrogen) atoms. The summed E-state index contributed by atoms with van der Waals surface area (Å²) < 4.78 is 0. The summed E-state index contributed by atoms with van der Waals surface area (Å²) in [6.07, 6.45) is 2.99. The first-order valence-corrected chi connectivity index (χ1v) is 7.54. The van der Waals surface area contributed by atoms with Gasteiger partial charge in [0.05, 0.1) is 17.1 Å². The Labute approximate surface area is 127 Å². The summed E-state index contributed by atoms with van der Waals surface area (Å²) in [7, 11) is 0. The number of para-hydroxylation sites is 2. The number of aromatic amines is 2. The topological polar surface area (TPSA) is 86.5 Å². The number of benzene rings is 1. The monoisotopic (exact) mass is 295 g/mol. The van der Waals surface area contributed by atoms with E-state index in [2.05, 4.69) is 25.5 Å². The Hall–Kier alpha value is -2.63. The van der Waals surface area contributed by atoms with E-state index in [0.717, 1.165) is 47.4 Å². The van der Waals surface area contributed by atoms with Crippen molar-refractivity contribution in [3.05, 3.63) is 47.0 Å². The van der Waals surface area contributed by atoms with Gasteiger partial charge in [-0.3, -0.25) is 9.89 Å². The molecule has 1 amide bonds. The Bertz CT molecular complexity index is 814. The van der Waals surface area contributed by atoms with Gasteiger partial charge in [-0.15, -0.1) is 0 Å². The number of nitrogens with zero attached hydrogens (tertiary/aromatic N) is 2. The molecule has 1 aliphatic rings. The zero-order valence-corrected chi connectivity index (χ0v) is 12.3. The summed E-state index contributed by atoms with van der Waals surface area (Å²) in [6, 6.07) is 7.63. The lowest BCUT2D eigenvalue weighted by Gasteiger charge is -2.10. The second-order valence-electron chi connectivity index (χ2n) is 5.72. The SMILES string of the molecule is C[C@H](NC(=O)c1n[nH]c2c1CCC2)c1nc2ccccc2[nH]1. The smallest absolute Gasteiger partial charge is 0.272 e. The molecule has 0 unspecified atom stereocenters. The van der Waals surface area contributed by atoms with Gasteiger partial charge in [0.25, 0.3) is 5.91 Å². The Morgan fingerprint density at radius 2 is 2.18 bits per heavy atom. The summed E-state index contributed by atoms with van der Waals surface area (Å²) in [5.74, 6) is 0.606. The Morgan fingerprint density at radius 3 is 3.05 bits per heavy atom. The van der Waals surface area contributed by atoms with Crippen LogP contribution in [0.1, 0.15) is 47.0 Å². The van der Waals surface area contributed by atoms with E-state index in [1.807, 2.05) is 31.2 Å². The number of carbonyl (C=O) groups excluding carboxylic acids is 1. The van der Waals surface area contributed by atoms with E-state index in [1.165, 1.54) is 0 Å². The minimum Gasteiger partial charge on any atom is -0.341 e. The maximum atomic E-state index is 12.4. The quantitative estimate of drug-likeness (QED) is 0.692. The van der Waals surface area contributed by atoms with E-state index >= 15 is 0 Å². The zero-order valence-electron chi connectivity index (χ0n) is 12.3. The molecule has 0 fully saturated rings. The maximum Gasteiger partial charge on any atom is 0.272 e. The molecule has 112 valence electrons. The van der Waals surface area contributed by atoms with Crippen LogP contribution in [0.15, 0.2) is 24.3 Å². The second-order valence-corrected chi connectivity index (χ2v) is 5.72. The van der Waals surface area contributed by atoms with Crippen LogP contribution in [0, 0.1) is 0 Å². The first kappa shape index (κ1) is 13.1. The van der Waals surface area contributed by atoms with E-state index in [4.69, 9.17) is 0 Å². The number of aryl methyl sites for hydroxylation is 1. The van der Waals surface area contributed by atoms with E-state index in [0.29, 0.717) is 5.69 Å². The third-order valence-corrected chi connectivity index (χ3v) is 4.19. The van der Waals surface area contributed by atoms with Crippen LogP contribution < -0.4 is 5.32 Å². The summed E-state index contributed by atoms with van der Waals surface area (Å²) in [6.45, 7) is 1.92. The van der Waals surface area contributed by atoms with Crippen molar-refractivity contribution in [2.45, 2.75) is 32.2 Å². The number of hydrogen-bond acceptors (Lipinski definition) is 3. The molecule has 6 nitrogen and oxygen atoms in total. The molecule has 3 aromatic rings. The van der Waals surface area contributed by atoms with Crippen molar-refractivity contribution in [3.8, 4) is 0 Å². The number of H-pyrrole nitrogens is 2. The van der Waals surface area contributed by atoms with Crippen LogP contribution in [0.25, 0.3) is 11.0 Å². The molecule has 4 rings (SSSR count). The average Bonchev–Trinajstić information content (AvgIpc) is 3.21. The molecule has 1 atom stereocenters. The van der Waals surface area contributed by atoms with Crippen LogP contribution in [0.2, 0.25) is 0 Å². The normalized spacial score (nSPS) is 15.0. The fourth-order valence-corrected chi connectivity index (χ4v) is 3.02. The molecule has 2 aromatic heterocycles. The van der Waals surface area contributed by atoms with Gasteiger partial charge in [0, 0.05) is 11.3 Å². The Morgan fingerprint density at radius 1 is 1.32 bits per heavy atom. The first-order valence-electron chi connectivity index (χ1n) is 7.54. The predicted octanol–water partition coefficient (Wildman–Crippen LogP) is 2.27. The molecule has 0 spiro atoms. The lowest BCUT2D eigenvalue weighted by Crippen LogP contribution is -2.28. The average molecular weight is 295 g/mol. The number of hydrogen-bond donors (Lipinski definition) is 3. The third-order valence-electron chi connectivity index (χ3n) is 4.19. The van der Waals surface area contributed by atoms with Crippen LogP contribution >= 0.6 is 0 Å². The number of imidazole rings is 1. The summed E-state index contributed by atoms with van der Waals surface area (Å²) in [5.41, 5.74) is 4.56. The first-order chi connectivity index (χ1) is 10.7. The molecule has 0 radical (unpaired) electrons. The van der Waals surface area contributed by atoms with Gasteiger partial charge in [0.15, 0.2) is 5.69 Å². The highest BCUT2D eigenvalue weighted by atomic mass is 16.2. The van der Waals surface area contributed by atoms with Gasteiger partial charge in [0.2, 0.25) is 0 Å². The third kappa shape index (κ3) is 2.07. The van der Waals surface area contributed by atoms with Crippen LogP contribution in [0.3, 0.4) is 0 Å². The van der Waals surface area contributed by atoms with Gasteiger partial charge in [-0.25, -0.2) is 4.98 Å². The lowest BCUT2D eigenvalue weighted by molar-refractivity contribution is 0.0932. The number of amides is 1. The van der Waals surface area contributed by atoms with Crippen LogP contribution in [-0.2, 0) is 12.8 Å². The largest absolute Gasteiger partial charge is 0.341 e. The molecule has 1 aliphatic carbocycles. The molecule has 2 heterocycles. The maximum absolute atomic E-state index is 12.4. The Balaban J connectivity index is 1.55.